The number of ether oxygens (including phenoxy) is 3. The van der Waals surface area contributed by atoms with Crippen LogP contribution in [0.25, 0.3) is 33.4 Å². The fraction of sp³-hybridized carbons (Fsp3) is 0.194. The van der Waals surface area contributed by atoms with Crippen LogP contribution in [0.1, 0.15) is 37.8 Å². The number of aromatic nitrogens is 2. The number of methoxy groups -OCH3 is 1. The summed E-state index contributed by atoms with van der Waals surface area (Å²) in [5, 5.41) is 0.755. The van der Waals surface area contributed by atoms with Crippen LogP contribution >= 0.6 is 0 Å². The van der Waals surface area contributed by atoms with Crippen LogP contribution < -0.4 is 9.47 Å². The van der Waals surface area contributed by atoms with Gasteiger partial charge in [-0.1, -0.05) is 48.5 Å². The minimum atomic E-state index is -0.679. The maximum atomic E-state index is 13.2. The number of hydrogen-bond donors (Lipinski definition) is 0. The van der Waals surface area contributed by atoms with Crippen LogP contribution in [0.15, 0.2) is 83.9 Å². The minimum absolute atomic E-state index is 0.358. The van der Waals surface area contributed by atoms with Gasteiger partial charge >= 0.3 is 12.1 Å². The molecule has 0 bridgehead atoms. The SMILES string of the molecule is COc1c(-c2cccc3c2c(-c2cnco2)cn3C(=O)OC(C)(C)C)cccc1C1C(=O)Oc2ccccc21. The first-order chi connectivity index (χ1) is 18.8. The standard InChI is InChI=1S/C31H26N2O6/c1-31(2,3)39-30(35)33-16-22(25-15-32-17-37-25)26-18(10-8-13-23(26)33)19-11-7-12-21(28(19)36-4)27-20-9-5-6-14-24(20)38-29(27)34/h5-17,27H,1-4H3. The number of carbonyl (C=O) groups is 2. The van der Waals surface area contributed by atoms with Crippen LogP contribution in [0.3, 0.4) is 0 Å². The van der Waals surface area contributed by atoms with E-state index in [2.05, 4.69) is 4.98 Å². The van der Waals surface area contributed by atoms with Crippen LogP contribution in [-0.2, 0) is 9.53 Å². The van der Waals surface area contributed by atoms with Crippen LogP contribution in [0, 0.1) is 0 Å². The predicted octanol–water partition coefficient (Wildman–Crippen LogP) is 6.81. The number of carbonyl (C=O) groups excluding carboxylic acids is 2. The van der Waals surface area contributed by atoms with Gasteiger partial charge in [0, 0.05) is 33.8 Å². The Bertz CT molecular complexity index is 1730. The molecule has 0 fully saturated rings. The molecule has 8 heteroatoms. The average Bonchev–Trinajstić information content (AvgIpc) is 3.63. The first kappa shape index (κ1) is 24.5. The van der Waals surface area contributed by atoms with E-state index in [9.17, 15) is 9.59 Å². The Morgan fingerprint density at radius 1 is 0.949 bits per heavy atom. The molecule has 1 aliphatic rings. The van der Waals surface area contributed by atoms with Crippen LogP contribution in [0.4, 0.5) is 4.79 Å². The summed E-state index contributed by atoms with van der Waals surface area (Å²) >= 11 is 0. The molecule has 8 nitrogen and oxygen atoms in total. The van der Waals surface area contributed by atoms with E-state index < -0.39 is 17.6 Å². The topological polar surface area (TPSA) is 92.8 Å². The number of fused-ring (bicyclic) bond motifs is 2. The highest BCUT2D eigenvalue weighted by Crippen LogP contribution is 2.47. The molecular weight excluding hydrogens is 496 g/mol. The van der Waals surface area contributed by atoms with Gasteiger partial charge in [0.25, 0.3) is 0 Å². The Labute approximate surface area is 224 Å². The largest absolute Gasteiger partial charge is 0.496 e. The van der Waals surface area contributed by atoms with Crippen molar-refractivity contribution in [2.75, 3.05) is 7.11 Å². The van der Waals surface area contributed by atoms with Crippen molar-refractivity contribution in [1.82, 2.24) is 9.55 Å². The fourth-order valence-corrected chi connectivity index (χ4v) is 5.13. The van der Waals surface area contributed by atoms with E-state index in [1.54, 1.807) is 25.6 Å². The van der Waals surface area contributed by atoms with Crippen LogP contribution in [0.5, 0.6) is 11.5 Å². The zero-order chi connectivity index (χ0) is 27.3. The van der Waals surface area contributed by atoms with Gasteiger partial charge in [-0.05, 0) is 38.5 Å². The third-order valence-electron chi connectivity index (χ3n) is 6.64. The molecule has 0 aliphatic carbocycles. The van der Waals surface area contributed by atoms with Crippen molar-refractivity contribution >= 4 is 23.0 Å². The van der Waals surface area contributed by atoms with Gasteiger partial charge in [-0.2, -0.15) is 0 Å². The van der Waals surface area contributed by atoms with E-state index in [1.807, 2.05) is 75.4 Å². The van der Waals surface area contributed by atoms with Crippen molar-refractivity contribution in [2.45, 2.75) is 32.3 Å². The smallest absolute Gasteiger partial charge is 0.419 e. The van der Waals surface area contributed by atoms with Crippen molar-refractivity contribution in [3.05, 3.63) is 90.6 Å². The van der Waals surface area contributed by atoms with Gasteiger partial charge < -0.3 is 18.6 Å². The summed E-state index contributed by atoms with van der Waals surface area (Å²) < 4.78 is 24.3. The Morgan fingerprint density at radius 2 is 1.69 bits per heavy atom. The maximum Gasteiger partial charge on any atom is 0.419 e. The second-order valence-electron chi connectivity index (χ2n) is 10.3. The molecule has 2 aromatic heterocycles. The second-order valence-corrected chi connectivity index (χ2v) is 10.3. The van der Waals surface area contributed by atoms with Crippen molar-refractivity contribution < 1.29 is 28.2 Å². The summed E-state index contributed by atoms with van der Waals surface area (Å²) in [6, 6.07) is 18.8. The number of para-hydroxylation sites is 2. The first-order valence-corrected chi connectivity index (χ1v) is 12.5. The number of rotatable bonds is 4. The van der Waals surface area contributed by atoms with Crippen molar-refractivity contribution in [2.24, 2.45) is 0 Å². The molecular formula is C31H26N2O6. The van der Waals surface area contributed by atoms with Gasteiger partial charge in [0.05, 0.1) is 18.8 Å². The summed E-state index contributed by atoms with van der Waals surface area (Å²) in [6.45, 7) is 5.46. The molecule has 1 aliphatic heterocycles. The first-order valence-electron chi connectivity index (χ1n) is 12.5. The van der Waals surface area contributed by atoms with E-state index in [0.29, 0.717) is 33.9 Å². The van der Waals surface area contributed by atoms with Gasteiger partial charge in [-0.3, -0.25) is 9.36 Å². The van der Waals surface area contributed by atoms with E-state index in [1.165, 1.54) is 11.0 Å². The van der Waals surface area contributed by atoms with Crippen LogP contribution in [0.2, 0.25) is 0 Å². The molecule has 0 amide bonds. The fourth-order valence-electron chi connectivity index (χ4n) is 5.13. The highest BCUT2D eigenvalue weighted by atomic mass is 16.6. The summed E-state index contributed by atoms with van der Waals surface area (Å²) in [5.41, 5.74) is 3.64. The highest BCUT2D eigenvalue weighted by Gasteiger charge is 2.37. The number of oxazole rings is 1. The molecule has 39 heavy (non-hydrogen) atoms. The predicted molar refractivity (Wildman–Crippen MR) is 145 cm³/mol. The lowest BCUT2D eigenvalue weighted by Gasteiger charge is -2.20. The van der Waals surface area contributed by atoms with Gasteiger partial charge in [-0.25, -0.2) is 9.78 Å². The lowest BCUT2D eigenvalue weighted by Crippen LogP contribution is -2.26. The highest BCUT2D eigenvalue weighted by molar-refractivity contribution is 6.09. The molecule has 6 rings (SSSR count). The molecule has 3 aromatic carbocycles. The zero-order valence-corrected chi connectivity index (χ0v) is 21.9. The quantitative estimate of drug-likeness (QED) is 0.189. The Kier molecular flexibility index (Phi) is 5.75. The van der Waals surface area contributed by atoms with Gasteiger partial charge in [0.2, 0.25) is 0 Å². The number of benzene rings is 3. The van der Waals surface area contributed by atoms with E-state index >= 15 is 0 Å². The Balaban J connectivity index is 1.59. The van der Waals surface area contributed by atoms with Gasteiger partial charge in [-0.15, -0.1) is 0 Å². The molecule has 5 aromatic rings. The van der Waals surface area contributed by atoms with E-state index in [-0.39, 0.29) is 5.97 Å². The molecule has 1 atom stereocenters. The third kappa shape index (κ3) is 4.14. The minimum Gasteiger partial charge on any atom is -0.496 e. The maximum absolute atomic E-state index is 13.2. The molecule has 0 radical (unpaired) electrons. The number of esters is 1. The zero-order valence-electron chi connectivity index (χ0n) is 21.9. The van der Waals surface area contributed by atoms with Crippen molar-refractivity contribution in [1.29, 1.82) is 0 Å². The summed E-state index contributed by atoms with van der Waals surface area (Å²) in [6.07, 6.45) is 4.13. The normalized spacial score (nSPS) is 14.8. The van der Waals surface area contributed by atoms with Gasteiger partial charge in [0.15, 0.2) is 12.2 Å². The van der Waals surface area contributed by atoms with E-state index in [4.69, 9.17) is 18.6 Å². The molecule has 0 saturated heterocycles. The van der Waals surface area contributed by atoms with Crippen LogP contribution in [-0.4, -0.2) is 34.3 Å². The molecule has 0 N–H and O–H groups in total. The molecule has 3 heterocycles. The number of hydrogen-bond acceptors (Lipinski definition) is 7. The summed E-state index contributed by atoms with van der Waals surface area (Å²) in [4.78, 5) is 30.3. The molecule has 196 valence electrons. The third-order valence-corrected chi connectivity index (χ3v) is 6.64. The molecule has 0 spiro atoms. The Morgan fingerprint density at radius 3 is 2.44 bits per heavy atom. The second kappa shape index (κ2) is 9.16. The molecule has 0 saturated carbocycles. The molecule has 1 unspecified atom stereocenters. The monoisotopic (exact) mass is 522 g/mol. The lowest BCUT2D eigenvalue weighted by atomic mass is 9.88. The van der Waals surface area contributed by atoms with Gasteiger partial charge in [0.1, 0.15) is 23.0 Å². The number of nitrogens with zero attached hydrogens (tertiary/aromatic N) is 2. The van der Waals surface area contributed by atoms with Crippen molar-refractivity contribution in [3.8, 4) is 33.9 Å². The van der Waals surface area contributed by atoms with E-state index in [0.717, 1.165) is 22.1 Å². The average molecular weight is 523 g/mol. The summed E-state index contributed by atoms with van der Waals surface area (Å²) in [7, 11) is 1.58. The Hall–Kier alpha value is -4.85. The summed E-state index contributed by atoms with van der Waals surface area (Å²) in [5.74, 6) is 0.596. The lowest BCUT2D eigenvalue weighted by molar-refractivity contribution is -0.133. The van der Waals surface area contributed by atoms with Crippen molar-refractivity contribution in [3.63, 3.8) is 0 Å².